The molecule has 2 aliphatic heterocycles. The first-order valence-electron chi connectivity index (χ1n) is 12.8. The molecule has 4 rings (SSSR count). The number of carbonyl (C=O) groups excluding carboxylic acids is 2. The molecule has 3 atom stereocenters. The average molecular weight is 533 g/mol. The summed E-state index contributed by atoms with van der Waals surface area (Å²) < 4.78 is 34.1. The van der Waals surface area contributed by atoms with Gasteiger partial charge in [-0.05, 0) is 37.3 Å². The minimum absolute atomic E-state index is 0.0240. The standard InChI is InChI=1S/C27H34F2N4O5/c1-4-18(28)11-20(29)16(2)12-30-26(36)19-14-32-15-22-31(9-10-38-3)13-17-7-5-6-8-21(17)33(22)27(37)23(32)25(35)24(19)34/h4,11,14,17,21-22,35H,1,5-10,12-13,15H2,2-3H3,(H,30,36)/b18-11+,20-16-/t17-,21-,22-/m0/s1. The van der Waals surface area contributed by atoms with Crippen LogP contribution in [-0.4, -0.2) is 76.8 Å². The van der Waals surface area contributed by atoms with Crippen molar-refractivity contribution in [1.29, 1.82) is 0 Å². The number of halogens is 2. The molecule has 0 radical (unpaired) electrons. The Hall–Kier alpha value is -3.31. The fourth-order valence-electron chi connectivity index (χ4n) is 5.70. The van der Waals surface area contributed by atoms with Gasteiger partial charge in [0.05, 0.1) is 13.2 Å². The van der Waals surface area contributed by atoms with Crippen molar-refractivity contribution in [1.82, 2.24) is 19.7 Å². The Balaban J connectivity index is 1.64. The van der Waals surface area contributed by atoms with Gasteiger partial charge in [-0.1, -0.05) is 19.4 Å². The van der Waals surface area contributed by atoms with E-state index >= 15 is 0 Å². The highest BCUT2D eigenvalue weighted by molar-refractivity contribution is 5.99. The largest absolute Gasteiger partial charge is 0.503 e. The lowest BCUT2D eigenvalue weighted by molar-refractivity contribution is -0.0788. The molecule has 3 heterocycles. The first kappa shape index (κ1) is 27.7. The molecule has 9 nitrogen and oxygen atoms in total. The molecule has 1 saturated carbocycles. The van der Waals surface area contributed by atoms with Gasteiger partial charge in [-0.3, -0.25) is 19.3 Å². The third kappa shape index (κ3) is 5.30. The number of ether oxygens (including phenoxy) is 1. The number of aromatic hydroxyl groups is 1. The molecular formula is C27H34F2N4O5. The van der Waals surface area contributed by atoms with Crippen molar-refractivity contribution in [2.24, 2.45) is 5.92 Å². The van der Waals surface area contributed by atoms with E-state index in [1.165, 1.54) is 17.7 Å². The van der Waals surface area contributed by atoms with E-state index < -0.39 is 34.6 Å². The molecule has 0 aromatic carbocycles. The zero-order chi connectivity index (χ0) is 27.6. The second kappa shape index (κ2) is 11.6. The summed E-state index contributed by atoms with van der Waals surface area (Å²) in [5.74, 6) is -3.50. The molecule has 11 heteroatoms. The molecule has 206 valence electrons. The van der Waals surface area contributed by atoms with Crippen LogP contribution in [0.2, 0.25) is 0 Å². The van der Waals surface area contributed by atoms with E-state index in [1.54, 1.807) is 7.11 Å². The van der Waals surface area contributed by atoms with E-state index in [1.807, 2.05) is 4.90 Å². The van der Waals surface area contributed by atoms with E-state index in [-0.39, 0.29) is 42.1 Å². The first-order valence-corrected chi connectivity index (χ1v) is 12.8. The number of nitrogens with one attached hydrogen (secondary N) is 1. The van der Waals surface area contributed by atoms with Crippen LogP contribution in [0.4, 0.5) is 8.78 Å². The van der Waals surface area contributed by atoms with Gasteiger partial charge in [0.1, 0.15) is 23.4 Å². The maximum absolute atomic E-state index is 14.1. The minimum Gasteiger partial charge on any atom is -0.503 e. The zero-order valence-corrected chi connectivity index (χ0v) is 21.7. The smallest absolute Gasteiger partial charge is 0.276 e. The van der Waals surface area contributed by atoms with E-state index in [4.69, 9.17) is 4.74 Å². The highest BCUT2D eigenvalue weighted by Gasteiger charge is 2.48. The van der Waals surface area contributed by atoms with Crippen LogP contribution in [0.5, 0.6) is 5.75 Å². The molecule has 1 saturated heterocycles. The van der Waals surface area contributed by atoms with Gasteiger partial charge >= 0.3 is 0 Å². The fourth-order valence-corrected chi connectivity index (χ4v) is 5.70. The number of rotatable bonds is 8. The normalized spacial score (nSPS) is 24.2. The summed E-state index contributed by atoms with van der Waals surface area (Å²) in [6, 6.07) is 0.0240. The van der Waals surface area contributed by atoms with Crippen molar-refractivity contribution in [3.05, 3.63) is 63.6 Å². The Bertz CT molecular complexity index is 1240. The van der Waals surface area contributed by atoms with Gasteiger partial charge in [0, 0.05) is 45.1 Å². The van der Waals surface area contributed by atoms with E-state index in [0.717, 1.165) is 38.3 Å². The van der Waals surface area contributed by atoms with Gasteiger partial charge in [0.25, 0.3) is 11.8 Å². The lowest BCUT2D eigenvalue weighted by Gasteiger charge is -2.55. The lowest BCUT2D eigenvalue weighted by atomic mass is 9.80. The van der Waals surface area contributed by atoms with Gasteiger partial charge in [-0.2, -0.15) is 0 Å². The summed E-state index contributed by atoms with van der Waals surface area (Å²) in [5, 5.41) is 13.2. The molecule has 1 aromatic rings. The molecule has 3 aliphatic rings. The second-order valence-corrected chi connectivity index (χ2v) is 10.1. The third-order valence-electron chi connectivity index (χ3n) is 7.70. The Morgan fingerprint density at radius 2 is 2.00 bits per heavy atom. The van der Waals surface area contributed by atoms with E-state index in [0.29, 0.717) is 25.1 Å². The summed E-state index contributed by atoms with van der Waals surface area (Å²) in [6.07, 6.45) is 6.44. The highest BCUT2D eigenvalue weighted by Crippen LogP contribution is 2.39. The highest BCUT2D eigenvalue weighted by atomic mass is 19.1. The predicted molar refractivity (Wildman–Crippen MR) is 137 cm³/mol. The number of pyridine rings is 1. The third-order valence-corrected chi connectivity index (χ3v) is 7.70. The number of aromatic nitrogens is 1. The van der Waals surface area contributed by atoms with Crippen molar-refractivity contribution in [2.45, 2.75) is 51.4 Å². The van der Waals surface area contributed by atoms with Crippen LogP contribution in [0, 0.1) is 5.92 Å². The lowest BCUT2D eigenvalue weighted by Crippen LogP contribution is -2.68. The van der Waals surface area contributed by atoms with Gasteiger partial charge in [0.2, 0.25) is 5.43 Å². The Morgan fingerprint density at radius 3 is 2.71 bits per heavy atom. The Morgan fingerprint density at radius 1 is 1.26 bits per heavy atom. The van der Waals surface area contributed by atoms with Gasteiger partial charge in [-0.25, -0.2) is 8.78 Å². The van der Waals surface area contributed by atoms with E-state index in [2.05, 4.69) is 16.8 Å². The van der Waals surface area contributed by atoms with Gasteiger partial charge < -0.3 is 24.6 Å². The molecule has 0 bridgehead atoms. The number of nitrogens with zero attached hydrogens (tertiary/aromatic N) is 3. The molecule has 2 N–H and O–H groups in total. The van der Waals surface area contributed by atoms with Crippen LogP contribution in [-0.2, 0) is 11.3 Å². The number of hydrogen-bond donors (Lipinski definition) is 2. The summed E-state index contributed by atoms with van der Waals surface area (Å²) >= 11 is 0. The van der Waals surface area contributed by atoms with Crippen molar-refractivity contribution in [3.63, 3.8) is 0 Å². The van der Waals surface area contributed by atoms with Crippen LogP contribution >= 0.6 is 0 Å². The fraction of sp³-hybridized carbons (Fsp3) is 0.519. The minimum atomic E-state index is -0.978. The SMILES string of the molecule is C=C/C(F)=C\C(F)=C(/C)CNC(=O)c1cn2c(c(O)c1=O)C(=O)N1[C@H]3CCCC[C@H]3CN(CCOC)[C@@H]1C2. The molecule has 1 aliphatic carbocycles. The average Bonchev–Trinajstić information content (AvgIpc) is 2.91. The number of fused-ring (bicyclic) bond motifs is 4. The van der Waals surface area contributed by atoms with Gasteiger partial charge in [-0.15, -0.1) is 0 Å². The molecular weight excluding hydrogens is 498 g/mol. The molecule has 0 unspecified atom stereocenters. The maximum atomic E-state index is 14.1. The monoisotopic (exact) mass is 532 g/mol. The number of amides is 2. The topological polar surface area (TPSA) is 104 Å². The quantitative estimate of drug-likeness (QED) is 0.499. The summed E-state index contributed by atoms with van der Waals surface area (Å²) in [5.41, 5.74) is -1.45. The number of allylic oxidation sites excluding steroid dienone is 4. The van der Waals surface area contributed by atoms with Crippen molar-refractivity contribution >= 4 is 11.8 Å². The van der Waals surface area contributed by atoms with Crippen molar-refractivity contribution < 1.29 is 28.2 Å². The van der Waals surface area contributed by atoms with E-state index in [9.17, 15) is 28.3 Å². The van der Waals surface area contributed by atoms with Crippen LogP contribution in [0.1, 0.15) is 53.5 Å². The van der Waals surface area contributed by atoms with Crippen LogP contribution in [0.25, 0.3) is 0 Å². The Labute approximate surface area is 220 Å². The number of methoxy groups -OCH3 is 1. The van der Waals surface area contributed by atoms with Gasteiger partial charge in [0.15, 0.2) is 11.4 Å². The summed E-state index contributed by atoms with van der Waals surface area (Å²) in [4.78, 5) is 43.6. The number of carbonyl (C=O) groups is 2. The second-order valence-electron chi connectivity index (χ2n) is 10.1. The molecule has 38 heavy (non-hydrogen) atoms. The molecule has 2 fully saturated rings. The maximum Gasteiger partial charge on any atom is 0.276 e. The zero-order valence-electron chi connectivity index (χ0n) is 21.7. The predicted octanol–water partition coefficient (Wildman–Crippen LogP) is 2.87. The molecule has 0 spiro atoms. The summed E-state index contributed by atoms with van der Waals surface area (Å²) in [7, 11) is 1.62. The van der Waals surface area contributed by atoms with Crippen LogP contribution in [0.15, 0.2) is 46.9 Å². The Kier molecular flexibility index (Phi) is 8.47. The van der Waals surface area contributed by atoms with Crippen molar-refractivity contribution in [2.75, 3.05) is 33.4 Å². The molecule has 1 aromatic heterocycles. The van der Waals surface area contributed by atoms with Crippen LogP contribution < -0.4 is 10.7 Å². The van der Waals surface area contributed by atoms with Crippen molar-refractivity contribution in [3.8, 4) is 5.75 Å². The first-order chi connectivity index (χ1) is 18.2. The summed E-state index contributed by atoms with van der Waals surface area (Å²) in [6.45, 7) is 6.46. The van der Waals surface area contributed by atoms with Crippen LogP contribution in [0.3, 0.4) is 0 Å². The molecule has 2 amide bonds. The number of hydrogen-bond acceptors (Lipinski definition) is 6.